The Balaban J connectivity index is 2.86. The third-order valence-electron chi connectivity index (χ3n) is 1.91. The fraction of sp³-hybridized carbons (Fsp3) is 0.273. The second-order valence-electron chi connectivity index (χ2n) is 3.20. The van der Waals surface area contributed by atoms with Crippen LogP contribution in [-0.2, 0) is 0 Å². The molecule has 0 saturated carbocycles. The lowest BCUT2D eigenvalue weighted by Crippen LogP contribution is -2.15. The van der Waals surface area contributed by atoms with Crippen molar-refractivity contribution in [2.24, 2.45) is 0 Å². The van der Waals surface area contributed by atoms with Crippen molar-refractivity contribution < 1.29 is 0 Å². The van der Waals surface area contributed by atoms with Gasteiger partial charge < -0.3 is 5.32 Å². The predicted molar refractivity (Wildman–Crippen MR) is 61.9 cm³/mol. The summed E-state index contributed by atoms with van der Waals surface area (Å²) >= 11 is 5.98. The normalized spacial score (nSPS) is 11.5. The Bertz CT molecular complexity index is 395. The average Bonchev–Trinajstić information content (AvgIpc) is 2.21. The van der Waals surface area contributed by atoms with Crippen LogP contribution in [0.5, 0.6) is 0 Å². The fourth-order valence-corrected chi connectivity index (χ4v) is 1.38. The summed E-state index contributed by atoms with van der Waals surface area (Å²) < 4.78 is 0. The van der Waals surface area contributed by atoms with E-state index in [2.05, 4.69) is 16.9 Å². The molecule has 0 radical (unpaired) electrons. The van der Waals surface area contributed by atoms with Gasteiger partial charge in [0, 0.05) is 12.2 Å². The Morgan fingerprint density at radius 1 is 1.80 bits per heavy atom. The lowest BCUT2D eigenvalue weighted by Gasteiger charge is -2.13. The van der Waals surface area contributed by atoms with Crippen LogP contribution >= 0.6 is 11.6 Å². The highest BCUT2D eigenvalue weighted by atomic mass is 35.5. The first-order chi connectivity index (χ1) is 7.19. The molecule has 0 saturated heterocycles. The van der Waals surface area contributed by atoms with E-state index in [4.69, 9.17) is 16.9 Å². The molecule has 1 aromatic heterocycles. The number of hydrogen-bond acceptors (Lipinski definition) is 3. The summed E-state index contributed by atoms with van der Waals surface area (Å²) in [6.45, 7) is 5.65. The summed E-state index contributed by atoms with van der Waals surface area (Å²) in [5.41, 5.74) is 0.431. The van der Waals surface area contributed by atoms with Crippen LogP contribution in [0.1, 0.15) is 18.9 Å². The third-order valence-corrected chi connectivity index (χ3v) is 2.30. The predicted octanol–water partition coefficient (Wildman–Crippen LogP) is 2.98. The summed E-state index contributed by atoms with van der Waals surface area (Å²) in [6.07, 6.45) is 4.20. The minimum atomic E-state index is 0.196. The van der Waals surface area contributed by atoms with Crippen molar-refractivity contribution in [3.63, 3.8) is 0 Å². The van der Waals surface area contributed by atoms with Crippen LogP contribution in [0.25, 0.3) is 0 Å². The van der Waals surface area contributed by atoms with Gasteiger partial charge in [0.15, 0.2) is 0 Å². The van der Waals surface area contributed by atoms with Crippen molar-refractivity contribution >= 4 is 17.4 Å². The van der Waals surface area contributed by atoms with Gasteiger partial charge in [-0.2, -0.15) is 5.26 Å². The topological polar surface area (TPSA) is 48.7 Å². The smallest absolute Gasteiger partial charge is 0.146 e. The van der Waals surface area contributed by atoms with Gasteiger partial charge >= 0.3 is 0 Å². The minimum absolute atomic E-state index is 0.196. The zero-order chi connectivity index (χ0) is 11.3. The highest BCUT2D eigenvalue weighted by Gasteiger charge is 2.08. The lowest BCUT2D eigenvalue weighted by atomic mass is 10.2. The SMILES string of the molecule is C=CCC(C)Nc1nccc(C#N)c1Cl. The van der Waals surface area contributed by atoms with E-state index in [1.165, 1.54) is 0 Å². The summed E-state index contributed by atoms with van der Waals surface area (Å²) in [4.78, 5) is 4.08. The molecule has 1 atom stereocenters. The second-order valence-corrected chi connectivity index (χ2v) is 3.58. The number of anilines is 1. The van der Waals surface area contributed by atoms with Gasteiger partial charge in [0.1, 0.15) is 16.9 Å². The number of hydrogen-bond donors (Lipinski definition) is 1. The minimum Gasteiger partial charge on any atom is -0.366 e. The number of nitrogens with zero attached hydrogens (tertiary/aromatic N) is 2. The lowest BCUT2D eigenvalue weighted by molar-refractivity contribution is 0.807. The van der Waals surface area contributed by atoms with Gasteiger partial charge in [-0.05, 0) is 19.4 Å². The molecule has 1 N–H and O–H groups in total. The molecule has 1 heterocycles. The van der Waals surface area contributed by atoms with Gasteiger partial charge in [0.25, 0.3) is 0 Å². The molecular formula is C11H12ClN3. The maximum Gasteiger partial charge on any atom is 0.146 e. The largest absolute Gasteiger partial charge is 0.366 e. The Kier molecular flexibility index (Phi) is 4.14. The Morgan fingerprint density at radius 2 is 2.53 bits per heavy atom. The van der Waals surface area contributed by atoms with Crippen molar-refractivity contribution in [1.29, 1.82) is 5.26 Å². The summed E-state index contributed by atoms with van der Waals surface area (Å²) in [7, 11) is 0. The Hall–Kier alpha value is -1.53. The van der Waals surface area contributed by atoms with Crippen LogP contribution in [0.3, 0.4) is 0 Å². The van der Waals surface area contributed by atoms with E-state index in [-0.39, 0.29) is 6.04 Å². The van der Waals surface area contributed by atoms with Crippen LogP contribution in [0, 0.1) is 11.3 Å². The molecule has 0 fully saturated rings. The summed E-state index contributed by atoms with van der Waals surface area (Å²) in [6, 6.07) is 3.79. The molecule has 0 aliphatic rings. The van der Waals surface area contributed by atoms with E-state index >= 15 is 0 Å². The number of pyridine rings is 1. The number of halogens is 1. The van der Waals surface area contributed by atoms with E-state index in [0.29, 0.717) is 16.4 Å². The third kappa shape index (κ3) is 2.97. The molecule has 0 amide bonds. The summed E-state index contributed by atoms with van der Waals surface area (Å²) in [5.74, 6) is 0.546. The quantitative estimate of drug-likeness (QED) is 0.796. The molecule has 0 aliphatic carbocycles. The molecule has 0 aromatic carbocycles. The first-order valence-corrected chi connectivity index (χ1v) is 4.99. The molecule has 3 nitrogen and oxygen atoms in total. The molecule has 1 rings (SSSR count). The average molecular weight is 222 g/mol. The van der Waals surface area contributed by atoms with Gasteiger partial charge in [-0.3, -0.25) is 0 Å². The highest BCUT2D eigenvalue weighted by molar-refractivity contribution is 6.34. The molecule has 4 heteroatoms. The van der Waals surface area contributed by atoms with Crippen molar-refractivity contribution in [2.45, 2.75) is 19.4 Å². The highest BCUT2D eigenvalue weighted by Crippen LogP contribution is 2.23. The Morgan fingerprint density at radius 3 is 3.13 bits per heavy atom. The molecule has 0 bridgehead atoms. The molecular weight excluding hydrogens is 210 g/mol. The first-order valence-electron chi connectivity index (χ1n) is 4.61. The van der Waals surface area contributed by atoms with Crippen LogP contribution in [0.4, 0.5) is 5.82 Å². The summed E-state index contributed by atoms with van der Waals surface area (Å²) in [5, 5.41) is 12.3. The van der Waals surface area contributed by atoms with Crippen molar-refractivity contribution in [2.75, 3.05) is 5.32 Å². The molecule has 78 valence electrons. The van der Waals surface area contributed by atoms with E-state index < -0.39 is 0 Å². The monoisotopic (exact) mass is 221 g/mol. The van der Waals surface area contributed by atoms with E-state index in [9.17, 15) is 0 Å². The zero-order valence-corrected chi connectivity index (χ0v) is 9.25. The number of nitriles is 1. The van der Waals surface area contributed by atoms with Crippen LogP contribution in [-0.4, -0.2) is 11.0 Å². The maximum atomic E-state index is 8.77. The zero-order valence-electron chi connectivity index (χ0n) is 8.50. The van der Waals surface area contributed by atoms with Crippen LogP contribution in [0.15, 0.2) is 24.9 Å². The van der Waals surface area contributed by atoms with Gasteiger partial charge in [-0.1, -0.05) is 17.7 Å². The van der Waals surface area contributed by atoms with E-state index in [1.54, 1.807) is 12.3 Å². The van der Waals surface area contributed by atoms with Gasteiger partial charge in [0.2, 0.25) is 0 Å². The fourth-order valence-electron chi connectivity index (χ4n) is 1.17. The number of nitrogens with one attached hydrogen (secondary N) is 1. The maximum absolute atomic E-state index is 8.77. The molecule has 1 aromatic rings. The van der Waals surface area contributed by atoms with Gasteiger partial charge in [-0.25, -0.2) is 4.98 Å². The second kappa shape index (κ2) is 5.38. The van der Waals surface area contributed by atoms with Gasteiger partial charge in [0.05, 0.1) is 5.56 Å². The van der Waals surface area contributed by atoms with Crippen molar-refractivity contribution in [3.05, 3.63) is 35.5 Å². The first kappa shape index (κ1) is 11.5. The standard InChI is InChI=1S/C11H12ClN3/c1-3-4-8(2)15-11-10(12)9(7-13)5-6-14-11/h3,5-6,8H,1,4H2,2H3,(H,14,15). The van der Waals surface area contributed by atoms with Crippen LogP contribution in [0.2, 0.25) is 5.02 Å². The number of aromatic nitrogens is 1. The molecule has 1 unspecified atom stereocenters. The molecule has 15 heavy (non-hydrogen) atoms. The Labute approximate surface area is 94.4 Å². The van der Waals surface area contributed by atoms with Gasteiger partial charge in [-0.15, -0.1) is 6.58 Å². The van der Waals surface area contributed by atoms with Crippen molar-refractivity contribution in [3.8, 4) is 6.07 Å². The van der Waals surface area contributed by atoms with E-state index in [0.717, 1.165) is 6.42 Å². The molecule has 0 spiro atoms. The van der Waals surface area contributed by atoms with E-state index in [1.807, 2.05) is 19.1 Å². The molecule has 0 aliphatic heterocycles. The number of rotatable bonds is 4. The van der Waals surface area contributed by atoms with Crippen LogP contribution < -0.4 is 5.32 Å². The van der Waals surface area contributed by atoms with Crippen molar-refractivity contribution in [1.82, 2.24) is 4.98 Å².